The number of anilines is 1. The molecule has 8 nitrogen and oxygen atoms in total. The van der Waals surface area contributed by atoms with Gasteiger partial charge >= 0.3 is 0 Å². The van der Waals surface area contributed by atoms with Gasteiger partial charge in [-0.3, -0.25) is 14.6 Å². The third-order valence-electron chi connectivity index (χ3n) is 4.63. The van der Waals surface area contributed by atoms with Crippen molar-refractivity contribution in [3.63, 3.8) is 0 Å². The minimum atomic E-state index is -0.350. The van der Waals surface area contributed by atoms with E-state index in [0.717, 1.165) is 16.9 Å². The average molecular weight is 450 g/mol. The number of amides is 1. The van der Waals surface area contributed by atoms with Crippen molar-refractivity contribution in [2.75, 3.05) is 11.9 Å². The molecule has 3 aromatic heterocycles. The van der Waals surface area contributed by atoms with Crippen LogP contribution >= 0.6 is 11.3 Å². The van der Waals surface area contributed by atoms with E-state index in [2.05, 4.69) is 20.4 Å². The van der Waals surface area contributed by atoms with Crippen LogP contribution in [0.2, 0.25) is 0 Å². The molecular weight excluding hydrogens is 426 g/mol. The maximum atomic E-state index is 12.6. The number of rotatable bonds is 8. The van der Waals surface area contributed by atoms with Crippen molar-refractivity contribution < 1.29 is 9.53 Å². The van der Waals surface area contributed by atoms with Crippen LogP contribution in [0.25, 0.3) is 16.5 Å². The Bertz CT molecular complexity index is 1260. The molecule has 0 unspecified atom stereocenters. The van der Waals surface area contributed by atoms with E-state index < -0.39 is 0 Å². The van der Waals surface area contributed by atoms with Gasteiger partial charge in [-0.05, 0) is 36.9 Å². The molecule has 0 spiro atoms. The first-order chi connectivity index (χ1) is 15.5. The molecule has 0 saturated carbocycles. The lowest BCUT2D eigenvalue weighted by molar-refractivity contribution is -0.118. The molecule has 9 heteroatoms. The molecule has 4 rings (SSSR count). The zero-order valence-corrected chi connectivity index (χ0v) is 18.6. The summed E-state index contributed by atoms with van der Waals surface area (Å²) in [7, 11) is 0. The second-order valence-electron chi connectivity index (χ2n) is 7.26. The van der Waals surface area contributed by atoms with Crippen molar-refractivity contribution in [3.8, 4) is 22.3 Å². The van der Waals surface area contributed by atoms with Crippen molar-refractivity contribution in [2.45, 2.75) is 26.7 Å². The Morgan fingerprint density at radius 2 is 2.03 bits per heavy atom. The number of carbonyl (C=O) groups excluding carboxylic acids is 1. The first-order valence-electron chi connectivity index (χ1n) is 10.3. The second kappa shape index (κ2) is 9.61. The van der Waals surface area contributed by atoms with Gasteiger partial charge in [0.05, 0.1) is 4.88 Å². The number of aryl methyl sites for hydroxylation is 2. The lowest BCUT2D eigenvalue weighted by atomic mass is 10.2. The molecule has 3 heterocycles. The van der Waals surface area contributed by atoms with Crippen molar-refractivity contribution >= 4 is 23.1 Å². The van der Waals surface area contributed by atoms with Crippen LogP contribution in [0.15, 0.2) is 58.7 Å². The van der Waals surface area contributed by atoms with Gasteiger partial charge < -0.3 is 10.1 Å². The Balaban J connectivity index is 1.61. The number of carbonyl (C=O) groups is 1. The van der Waals surface area contributed by atoms with E-state index in [1.807, 2.05) is 55.6 Å². The Hall–Kier alpha value is -3.72. The number of thiophene rings is 1. The molecule has 164 valence electrons. The summed E-state index contributed by atoms with van der Waals surface area (Å²) in [5.41, 5.74) is 2.17. The topological polar surface area (TPSA) is 102 Å². The lowest BCUT2D eigenvalue weighted by Gasteiger charge is -2.10. The molecule has 4 aromatic rings. The summed E-state index contributed by atoms with van der Waals surface area (Å²) in [4.78, 5) is 32.9. The third kappa shape index (κ3) is 5.12. The predicted molar refractivity (Wildman–Crippen MR) is 125 cm³/mol. The molecule has 0 bridgehead atoms. The van der Waals surface area contributed by atoms with Crippen LogP contribution in [0.4, 0.5) is 5.82 Å². The second-order valence-corrected chi connectivity index (χ2v) is 8.21. The molecule has 0 atom stereocenters. The summed E-state index contributed by atoms with van der Waals surface area (Å²) in [5.74, 6) is 0.898. The zero-order valence-electron chi connectivity index (χ0n) is 17.8. The fourth-order valence-electron chi connectivity index (χ4n) is 3.12. The summed E-state index contributed by atoms with van der Waals surface area (Å²) < 4.78 is 7.02. The SMILES string of the molecule is CCCc1cc(=O)[nH]c(-n2nc(-c3cccs3)cc2NC(=O)COc2ccc(C)cc2)n1. The van der Waals surface area contributed by atoms with E-state index in [1.54, 1.807) is 6.07 Å². The van der Waals surface area contributed by atoms with Crippen LogP contribution in [0, 0.1) is 6.92 Å². The van der Waals surface area contributed by atoms with E-state index in [9.17, 15) is 9.59 Å². The van der Waals surface area contributed by atoms with Crippen LogP contribution in [-0.2, 0) is 11.2 Å². The molecular formula is C23H23N5O3S. The summed E-state index contributed by atoms with van der Waals surface area (Å²) in [6, 6.07) is 14.6. The molecule has 0 aliphatic carbocycles. The molecule has 1 amide bonds. The van der Waals surface area contributed by atoms with Crippen LogP contribution < -0.4 is 15.6 Å². The normalized spacial score (nSPS) is 10.8. The molecule has 32 heavy (non-hydrogen) atoms. The Morgan fingerprint density at radius 3 is 2.75 bits per heavy atom. The average Bonchev–Trinajstić information content (AvgIpc) is 3.43. The Morgan fingerprint density at radius 1 is 1.22 bits per heavy atom. The smallest absolute Gasteiger partial charge is 0.263 e. The highest BCUT2D eigenvalue weighted by molar-refractivity contribution is 7.13. The molecule has 0 saturated heterocycles. The highest BCUT2D eigenvalue weighted by Gasteiger charge is 2.17. The van der Waals surface area contributed by atoms with E-state index in [1.165, 1.54) is 22.1 Å². The summed E-state index contributed by atoms with van der Waals surface area (Å²) in [6.07, 6.45) is 1.53. The molecule has 2 N–H and O–H groups in total. The zero-order chi connectivity index (χ0) is 22.5. The number of aromatic amines is 1. The quantitative estimate of drug-likeness (QED) is 0.424. The largest absolute Gasteiger partial charge is 0.484 e. The van der Waals surface area contributed by atoms with Gasteiger partial charge in [0.1, 0.15) is 17.3 Å². The standard InChI is InChI=1S/C23H23N5O3S/c1-3-5-16-12-21(29)26-23(24-16)28-20(13-18(27-28)19-6-4-11-32-19)25-22(30)14-31-17-9-7-15(2)8-10-17/h4,6-13H,3,5,14H2,1-2H3,(H,25,30)(H,24,26,29). The number of hydrogen-bond acceptors (Lipinski definition) is 6. The van der Waals surface area contributed by atoms with Crippen molar-refractivity contribution in [1.82, 2.24) is 19.7 Å². The van der Waals surface area contributed by atoms with Gasteiger partial charge in [0.2, 0.25) is 5.95 Å². The molecule has 0 aliphatic heterocycles. The van der Waals surface area contributed by atoms with E-state index in [0.29, 0.717) is 29.4 Å². The number of hydrogen-bond donors (Lipinski definition) is 2. The molecule has 0 fully saturated rings. The minimum Gasteiger partial charge on any atom is -0.484 e. The summed E-state index contributed by atoms with van der Waals surface area (Å²) in [5, 5.41) is 9.36. The van der Waals surface area contributed by atoms with Gasteiger partial charge in [-0.1, -0.05) is 37.1 Å². The van der Waals surface area contributed by atoms with E-state index in [-0.39, 0.29) is 24.0 Å². The Kier molecular flexibility index (Phi) is 6.46. The van der Waals surface area contributed by atoms with Gasteiger partial charge in [0, 0.05) is 17.8 Å². The predicted octanol–water partition coefficient (Wildman–Crippen LogP) is 3.96. The van der Waals surface area contributed by atoms with Gasteiger partial charge in [0.15, 0.2) is 6.61 Å². The maximum Gasteiger partial charge on any atom is 0.263 e. The molecule has 1 aromatic carbocycles. The van der Waals surface area contributed by atoms with E-state index in [4.69, 9.17) is 4.74 Å². The minimum absolute atomic E-state index is 0.164. The van der Waals surface area contributed by atoms with Crippen LogP contribution in [0.3, 0.4) is 0 Å². The van der Waals surface area contributed by atoms with Crippen molar-refractivity contribution in [1.29, 1.82) is 0 Å². The van der Waals surface area contributed by atoms with Gasteiger partial charge in [-0.25, -0.2) is 4.98 Å². The van der Waals surface area contributed by atoms with E-state index >= 15 is 0 Å². The number of nitrogens with one attached hydrogen (secondary N) is 2. The maximum absolute atomic E-state index is 12.6. The number of H-pyrrole nitrogens is 1. The summed E-state index contributed by atoms with van der Waals surface area (Å²) in [6.45, 7) is 3.84. The van der Waals surface area contributed by atoms with Crippen LogP contribution in [-0.4, -0.2) is 32.3 Å². The number of nitrogens with zero attached hydrogens (tertiary/aromatic N) is 3. The molecule has 0 aliphatic rings. The van der Waals surface area contributed by atoms with Crippen LogP contribution in [0.1, 0.15) is 24.6 Å². The number of benzene rings is 1. The molecule has 0 radical (unpaired) electrons. The van der Waals surface area contributed by atoms with Gasteiger partial charge in [-0.15, -0.1) is 11.3 Å². The Labute approximate surface area is 188 Å². The van der Waals surface area contributed by atoms with Gasteiger partial charge in [0.25, 0.3) is 11.5 Å². The lowest BCUT2D eigenvalue weighted by Crippen LogP contribution is -2.23. The highest BCUT2D eigenvalue weighted by Crippen LogP contribution is 2.27. The fourth-order valence-corrected chi connectivity index (χ4v) is 3.80. The highest BCUT2D eigenvalue weighted by atomic mass is 32.1. The number of aromatic nitrogens is 4. The van der Waals surface area contributed by atoms with Crippen LogP contribution in [0.5, 0.6) is 5.75 Å². The first kappa shape index (κ1) is 21.5. The fraction of sp³-hybridized carbons (Fsp3) is 0.217. The third-order valence-corrected chi connectivity index (χ3v) is 5.52. The summed E-state index contributed by atoms with van der Waals surface area (Å²) >= 11 is 1.53. The van der Waals surface area contributed by atoms with Crippen molar-refractivity contribution in [2.24, 2.45) is 0 Å². The van der Waals surface area contributed by atoms with Gasteiger partial charge in [-0.2, -0.15) is 9.78 Å². The number of ether oxygens (including phenoxy) is 1. The monoisotopic (exact) mass is 449 g/mol. The first-order valence-corrected chi connectivity index (χ1v) is 11.1. The van der Waals surface area contributed by atoms with Crippen molar-refractivity contribution in [3.05, 3.63) is 75.5 Å².